The molecule has 1 unspecified atom stereocenters. The second kappa shape index (κ2) is 4.19. The summed E-state index contributed by atoms with van der Waals surface area (Å²) in [6.07, 6.45) is 0.239. The van der Waals surface area contributed by atoms with Crippen LogP contribution in [0.25, 0.3) is 0 Å². The third-order valence-electron chi connectivity index (χ3n) is 1.86. The van der Waals surface area contributed by atoms with E-state index in [4.69, 9.17) is 5.11 Å². The highest BCUT2D eigenvalue weighted by Crippen LogP contribution is 2.08. The Morgan fingerprint density at radius 3 is 2.77 bits per heavy atom. The number of ketones is 1. The van der Waals surface area contributed by atoms with Crippen LogP contribution in [0.5, 0.6) is 0 Å². The minimum Gasteiger partial charge on any atom is -0.393 e. The van der Waals surface area contributed by atoms with E-state index >= 15 is 0 Å². The van der Waals surface area contributed by atoms with Crippen molar-refractivity contribution < 1.29 is 9.90 Å². The Kier molecular flexibility index (Phi) is 3.20. The molecule has 2 heteroatoms. The highest BCUT2D eigenvalue weighted by Gasteiger charge is 2.02. The first kappa shape index (κ1) is 9.93. The summed E-state index contributed by atoms with van der Waals surface area (Å²) < 4.78 is 0. The topological polar surface area (TPSA) is 37.3 Å². The van der Waals surface area contributed by atoms with Crippen LogP contribution in [0.15, 0.2) is 24.3 Å². The molecule has 0 aliphatic rings. The van der Waals surface area contributed by atoms with E-state index in [9.17, 15) is 4.79 Å². The number of carbonyl (C=O) groups is 1. The van der Waals surface area contributed by atoms with Gasteiger partial charge >= 0.3 is 0 Å². The predicted molar refractivity (Wildman–Crippen MR) is 51.8 cm³/mol. The molecule has 0 saturated heterocycles. The molecule has 0 fully saturated rings. The lowest BCUT2D eigenvalue weighted by molar-refractivity contribution is 0.101. The van der Waals surface area contributed by atoms with E-state index in [1.54, 1.807) is 19.9 Å². The number of hydrogen-bond acceptors (Lipinski definition) is 2. The molecule has 0 aromatic heterocycles. The highest BCUT2D eigenvalue weighted by molar-refractivity contribution is 5.94. The maximum atomic E-state index is 11.0. The van der Waals surface area contributed by atoms with Gasteiger partial charge in [-0.25, -0.2) is 0 Å². The minimum atomic E-state index is -0.359. The molecule has 0 saturated carbocycles. The first-order chi connectivity index (χ1) is 6.09. The molecular formula is C11H14O2. The Balaban J connectivity index is 2.85. The average molecular weight is 178 g/mol. The molecule has 0 amide bonds. The molecule has 0 bridgehead atoms. The molecule has 0 heterocycles. The summed E-state index contributed by atoms with van der Waals surface area (Å²) in [5.41, 5.74) is 1.71. The van der Waals surface area contributed by atoms with Gasteiger partial charge in [0.25, 0.3) is 0 Å². The molecule has 0 radical (unpaired) electrons. The van der Waals surface area contributed by atoms with Gasteiger partial charge in [-0.2, -0.15) is 0 Å². The van der Waals surface area contributed by atoms with Gasteiger partial charge in [0.2, 0.25) is 0 Å². The van der Waals surface area contributed by atoms with Gasteiger partial charge in [0.05, 0.1) is 6.10 Å². The van der Waals surface area contributed by atoms with Crippen LogP contribution in [0.1, 0.15) is 29.8 Å². The molecular weight excluding hydrogens is 164 g/mol. The summed E-state index contributed by atoms with van der Waals surface area (Å²) in [6.45, 7) is 3.28. The first-order valence-corrected chi connectivity index (χ1v) is 4.37. The van der Waals surface area contributed by atoms with Gasteiger partial charge in [-0.1, -0.05) is 18.2 Å². The predicted octanol–water partition coefficient (Wildman–Crippen LogP) is 1.81. The molecule has 0 aliphatic carbocycles. The lowest BCUT2D eigenvalue weighted by Gasteiger charge is -2.04. The Morgan fingerprint density at radius 1 is 1.54 bits per heavy atom. The summed E-state index contributed by atoms with van der Waals surface area (Å²) in [7, 11) is 0. The second-order valence-corrected chi connectivity index (χ2v) is 3.31. The molecule has 0 spiro atoms. The van der Waals surface area contributed by atoms with E-state index in [0.717, 1.165) is 5.56 Å². The van der Waals surface area contributed by atoms with Crippen LogP contribution in [-0.4, -0.2) is 17.0 Å². The van der Waals surface area contributed by atoms with Crippen LogP contribution >= 0.6 is 0 Å². The molecule has 70 valence electrons. The second-order valence-electron chi connectivity index (χ2n) is 3.31. The molecule has 2 nitrogen and oxygen atoms in total. The van der Waals surface area contributed by atoms with Crippen molar-refractivity contribution in [2.75, 3.05) is 0 Å². The number of carbonyl (C=O) groups excluding carboxylic acids is 1. The van der Waals surface area contributed by atoms with Crippen molar-refractivity contribution in [1.82, 2.24) is 0 Å². The Morgan fingerprint density at radius 2 is 2.23 bits per heavy atom. The average Bonchev–Trinajstić information content (AvgIpc) is 2.03. The number of benzene rings is 1. The summed E-state index contributed by atoms with van der Waals surface area (Å²) in [4.78, 5) is 11.0. The molecule has 1 rings (SSSR count). The number of rotatable bonds is 3. The van der Waals surface area contributed by atoms with Crippen LogP contribution < -0.4 is 0 Å². The van der Waals surface area contributed by atoms with Gasteiger partial charge in [0, 0.05) is 5.56 Å². The molecule has 1 aromatic carbocycles. The molecule has 1 atom stereocenters. The van der Waals surface area contributed by atoms with Crippen molar-refractivity contribution >= 4 is 5.78 Å². The molecule has 13 heavy (non-hydrogen) atoms. The van der Waals surface area contributed by atoms with Crippen LogP contribution in [-0.2, 0) is 6.42 Å². The van der Waals surface area contributed by atoms with Crippen LogP contribution in [0.3, 0.4) is 0 Å². The minimum absolute atomic E-state index is 0.0624. The standard InChI is InChI=1S/C11H14O2/c1-8(12)6-10-4-3-5-11(7-10)9(2)13/h3-5,7-8,12H,6H2,1-2H3. The fourth-order valence-corrected chi connectivity index (χ4v) is 1.26. The first-order valence-electron chi connectivity index (χ1n) is 4.37. The van der Waals surface area contributed by atoms with E-state index in [1.165, 1.54) is 0 Å². The highest BCUT2D eigenvalue weighted by atomic mass is 16.3. The van der Waals surface area contributed by atoms with Crippen molar-refractivity contribution in [3.8, 4) is 0 Å². The van der Waals surface area contributed by atoms with Gasteiger partial charge in [-0.05, 0) is 31.9 Å². The van der Waals surface area contributed by atoms with E-state index in [2.05, 4.69) is 0 Å². The Bertz CT molecular complexity index is 303. The maximum Gasteiger partial charge on any atom is 0.159 e. The Labute approximate surface area is 78.2 Å². The van der Waals surface area contributed by atoms with Crippen LogP contribution in [0.2, 0.25) is 0 Å². The molecule has 1 N–H and O–H groups in total. The van der Waals surface area contributed by atoms with Crippen LogP contribution in [0.4, 0.5) is 0 Å². The maximum absolute atomic E-state index is 11.0. The fraction of sp³-hybridized carbons (Fsp3) is 0.364. The quantitative estimate of drug-likeness (QED) is 0.717. The van der Waals surface area contributed by atoms with E-state index in [1.807, 2.05) is 18.2 Å². The molecule has 0 aliphatic heterocycles. The van der Waals surface area contributed by atoms with Crippen molar-refractivity contribution in [1.29, 1.82) is 0 Å². The van der Waals surface area contributed by atoms with E-state index < -0.39 is 0 Å². The summed E-state index contributed by atoms with van der Waals surface area (Å²) in [6, 6.07) is 7.37. The number of hydrogen-bond donors (Lipinski definition) is 1. The van der Waals surface area contributed by atoms with Gasteiger partial charge in [0.1, 0.15) is 0 Å². The number of aliphatic hydroxyl groups excluding tert-OH is 1. The van der Waals surface area contributed by atoms with Crippen LogP contribution in [0, 0.1) is 0 Å². The third kappa shape index (κ3) is 2.99. The van der Waals surface area contributed by atoms with Crippen molar-refractivity contribution in [2.45, 2.75) is 26.4 Å². The monoisotopic (exact) mass is 178 g/mol. The lowest BCUT2D eigenvalue weighted by atomic mass is 10.0. The molecule has 1 aromatic rings. The number of aliphatic hydroxyl groups is 1. The zero-order chi connectivity index (χ0) is 9.84. The summed E-state index contributed by atoms with van der Waals surface area (Å²) in [5, 5.41) is 9.15. The van der Waals surface area contributed by atoms with Crippen molar-refractivity contribution in [3.05, 3.63) is 35.4 Å². The smallest absolute Gasteiger partial charge is 0.159 e. The van der Waals surface area contributed by atoms with E-state index in [-0.39, 0.29) is 11.9 Å². The normalized spacial score (nSPS) is 12.5. The van der Waals surface area contributed by atoms with Gasteiger partial charge < -0.3 is 5.11 Å². The SMILES string of the molecule is CC(=O)c1cccc(CC(C)O)c1. The zero-order valence-electron chi connectivity index (χ0n) is 7.95. The number of Topliss-reactive ketones (excluding diaryl/α,β-unsaturated/α-hetero) is 1. The van der Waals surface area contributed by atoms with E-state index in [0.29, 0.717) is 12.0 Å². The summed E-state index contributed by atoms with van der Waals surface area (Å²) in [5.74, 6) is 0.0624. The zero-order valence-corrected chi connectivity index (χ0v) is 7.95. The lowest BCUT2D eigenvalue weighted by Crippen LogP contribution is -2.04. The van der Waals surface area contributed by atoms with Crippen molar-refractivity contribution in [3.63, 3.8) is 0 Å². The third-order valence-corrected chi connectivity index (χ3v) is 1.86. The van der Waals surface area contributed by atoms with Gasteiger partial charge in [0.15, 0.2) is 5.78 Å². The summed E-state index contributed by atoms with van der Waals surface area (Å²) >= 11 is 0. The Hall–Kier alpha value is -1.15. The van der Waals surface area contributed by atoms with Crippen molar-refractivity contribution in [2.24, 2.45) is 0 Å². The van der Waals surface area contributed by atoms with Gasteiger partial charge in [-0.15, -0.1) is 0 Å². The largest absolute Gasteiger partial charge is 0.393 e. The van der Waals surface area contributed by atoms with Gasteiger partial charge in [-0.3, -0.25) is 4.79 Å². The fourth-order valence-electron chi connectivity index (χ4n) is 1.26.